The van der Waals surface area contributed by atoms with Crippen molar-refractivity contribution in [3.8, 4) is 0 Å². The van der Waals surface area contributed by atoms with E-state index in [1.165, 1.54) is 37.8 Å². The van der Waals surface area contributed by atoms with E-state index in [9.17, 15) is 14.9 Å². The third-order valence-electron chi connectivity index (χ3n) is 4.40. The maximum atomic E-state index is 12.6. The van der Waals surface area contributed by atoms with E-state index in [4.69, 9.17) is 0 Å². The number of nitro groups is 1. The van der Waals surface area contributed by atoms with Gasteiger partial charge in [-0.2, -0.15) is 0 Å². The van der Waals surface area contributed by atoms with Crippen molar-refractivity contribution in [1.29, 1.82) is 0 Å². The van der Waals surface area contributed by atoms with Gasteiger partial charge in [0.1, 0.15) is 0 Å². The number of unbranched alkanes of at least 4 members (excludes halogenated alkanes) is 6. The van der Waals surface area contributed by atoms with Gasteiger partial charge >= 0.3 is 0 Å². The monoisotopic (exact) mass is 360 g/mol. The molecule has 0 aromatic heterocycles. The quantitative estimate of drug-likeness (QED) is 0.199. The zero-order chi connectivity index (χ0) is 19.2. The van der Waals surface area contributed by atoms with Gasteiger partial charge in [-0.3, -0.25) is 14.9 Å². The van der Waals surface area contributed by atoms with E-state index in [-0.39, 0.29) is 11.6 Å². The summed E-state index contributed by atoms with van der Waals surface area (Å²) >= 11 is 0. The Morgan fingerprint density at radius 3 is 1.96 bits per heavy atom. The molecule has 0 heterocycles. The van der Waals surface area contributed by atoms with Gasteiger partial charge in [0.2, 0.25) is 5.91 Å². The highest BCUT2D eigenvalue weighted by Crippen LogP contribution is 2.13. The van der Waals surface area contributed by atoms with Gasteiger partial charge in [-0.05, 0) is 36.6 Å². The molecule has 0 unspecified atom stereocenters. The number of rotatable bonds is 13. The van der Waals surface area contributed by atoms with Crippen molar-refractivity contribution < 1.29 is 9.72 Å². The van der Waals surface area contributed by atoms with Crippen LogP contribution in [0.1, 0.15) is 70.8 Å². The first-order valence-electron chi connectivity index (χ1n) is 9.80. The number of nitro benzene ring substituents is 1. The Labute approximate surface area is 157 Å². The average molecular weight is 360 g/mol. The second-order valence-electron chi connectivity index (χ2n) is 6.63. The summed E-state index contributed by atoms with van der Waals surface area (Å²) in [5, 5.41) is 10.7. The van der Waals surface area contributed by atoms with E-state index in [2.05, 4.69) is 13.8 Å². The minimum absolute atomic E-state index is 0.0244. The van der Waals surface area contributed by atoms with Crippen molar-refractivity contribution >= 4 is 17.7 Å². The van der Waals surface area contributed by atoms with Gasteiger partial charge in [-0.25, -0.2) is 0 Å². The molecule has 1 rings (SSSR count). The second-order valence-corrected chi connectivity index (χ2v) is 6.63. The lowest BCUT2D eigenvalue weighted by atomic mass is 10.1. The molecule has 26 heavy (non-hydrogen) atoms. The van der Waals surface area contributed by atoms with Gasteiger partial charge in [0, 0.05) is 31.3 Å². The van der Waals surface area contributed by atoms with Crippen molar-refractivity contribution in [2.75, 3.05) is 13.1 Å². The van der Waals surface area contributed by atoms with Crippen LogP contribution < -0.4 is 0 Å². The molecule has 0 atom stereocenters. The Morgan fingerprint density at radius 1 is 0.962 bits per heavy atom. The Kier molecular flexibility index (Phi) is 11.0. The van der Waals surface area contributed by atoms with E-state index < -0.39 is 4.92 Å². The Morgan fingerprint density at radius 2 is 1.50 bits per heavy atom. The molecule has 144 valence electrons. The maximum Gasteiger partial charge on any atom is 0.269 e. The number of amides is 1. The van der Waals surface area contributed by atoms with Crippen LogP contribution >= 0.6 is 0 Å². The molecule has 5 nitrogen and oxygen atoms in total. The number of hydrogen-bond donors (Lipinski definition) is 0. The van der Waals surface area contributed by atoms with Crippen molar-refractivity contribution in [2.24, 2.45) is 0 Å². The molecule has 0 aliphatic carbocycles. The van der Waals surface area contributed by atoms with Crippen molar-refractivity contribution in [2.45, 2.75) is 65.2 Å². The molecule has 5 heteroatoms. The molecule has 1 aromatic rings. The molecule has 0 radical (unpaired) electrons. The van der Waals surface area contributed by atoms with Gasteiger partial charge in [0.25, 0.3) is 5.69 Å². The van der Waals surface area contributed by atoms with E-state index >= 15 is 0 Å². The number of nitrogens with zero attached hydrogens (tertiary/aromatic N) is 2. The first-order chi connectivity index (χ1) is 12.6. The van der Waals surface area contributed by atoms with Crippen LogP contribution in [0.4, 0.5) is 5.69 Å². The zero-order valence-corrected chi connectivity index (χ0v) is 16.2. The lowest BCUT2D eigenvalue weighted by molar-refractivity contribution is -0.384. The highest BCUT2D eigenvalue weighted by atomic mass is 16.6. The molecule has 0 saturated heterocycles. The number of hydrogen-bond acceptors (Lipinski definition) is 3. The van der Waals surface area contributed by atoms with Gasteiger partial charge in [-0.1, -0.05) is 52.4 Å². The summed E-state index contributed by atoms with van der Waals surface area (Å²) in [4.78, 5) is 24.8. The predicted octanol–water partition coefficient (Wildman–Crippen LogP) is 5.60. The number of benzene rings is 1. The SMILES string of the molecule is CCCCCCN(CCCCCC)C(=O)C=Cc1ccc([N+](=O)[O-])cc1. The number of non-ortho nitro benzene ring substituents is 1. The van der Waals surface area contributed by atoms with Crippen LogP contribution in [-0.4, -0.2) is 28.8 Å². The van der Waals surface area contributed by atoms with E-state index in [1.54, 1.807) is 24.3 Å². The molecule has 0 aliphatic rings. The predicted molar refractivity (Wildman–Crippen MR) is 107 cm³/mol. The summed E-state index contributed by atoms with van der Waals surface area (Å²) in [6, 6.07) is 6.23. The summed E-state index contributed by atoms with van der Waals surface area (Å²) in [7, 11) is 0. The second kappa shape index (κ2) is 13.1. The minimum atomic E-state index is -0.424. The number of carbonyl (C=O) groups excluding carboxylic acids is 1. The molecule has 1 amide bonds. The Hall–Kier alpha value is -2.17. The summed E-state index contributed by atoms with van der Waals surface area (Å²) < 4.78 is 0. The summed E-state index contributed by atoms with van der Waals surface area (Å²) in [5.41, 5.74) is 0.850. The first-order valence-corrected chi connectivity index (χ1v) is 9.80. The highest BCUT2D eigenvalue weighted by Gasteiger charge is 2.10. The highest BCUT2D eigenvalue weighted by molar-refractivity contribution is 5.91. The molecule has 1 aromatic carbocycles. The van der Waals surface area contributed by atoms with E-state index in [1.807, 2.05) is 4.90 Å². The van der Waals surface area contributed by atoms with Crippen molar-refractivity contribution in [1.82, 2.24) is 4.90 Å². The maximum absolute atomic E-state index is 12.6. The van der Waals surface area contributed by atoms with Crippen LogP contribution in [0.3, 0.4) is 0 Å². The molecular formula is C21H32N2O3. The van der Waals surface area contributed by atoms with Crippen LogP contribution in [0.15, 0.2) is 30.3 Å². The lowest BCUT2D eigenvalue weighted by Gasteiger charge is -2.21. The van der Waals surface area contributed by atoms with Crippen LogP contribution in [-0.2, 0) is 4.79 Å². The molecule has 0 N–H and O–H groups in total. The molecule has 0 bridgehead atoms. The standard InChI is InChI=1S/C21H32N2O3/c1-3-5-7-9-17-22(18-10-8-6-4-2)21(24)16-13-19-11-14-20(15-12-19)23(25)26/h11-16H,3-10,17-18H2,1-2H3. The number of carbonyl (C=O) groups is 1. The average Bonchev–Trinajstić information content (AvgIpc) is 2.65. The summed E-state index contributed by atoms with van der Waals surface area (Å²) in [5.74, 6) is 0.0244. The van der Waals surface area contributed by atoms with Crippen molar-refractivity contribution in [3.63, 3.8) is 0 Å². The molecule has 0 spiro atoms. The summed E-state index contributed by atoms with van der Waals surface area (Å²) in [6.07, 6.45) is 12.5. The largest absolute Gasteiger partial charge is 0.339 e. The van der Waals surface area contributed by atoms with Crippen molar-refractivity contribution in [3.05, 3.63) is 46.0 Å². The van der Waals surface area contributed by atoms with Gasteiger partial charge in [0.05, 0.1) is 4.92 Å². The topological polar surface area (TPSA) is 63.5 Å². The minimum Gasteiger partial charge on any atom is -0.339 e. The third-order valence-corrected chi connectivity index (χ3v) is 4.40. The summed E-state index contributed by atoms with van der Waals surface area (Å²) in [6.45, 7) is 5.96. The first kappa shape index (κ1) is 21.9. The van der Waals surface area contributed by atoms with E-state index in [0.29, 0.717) is 0 Å². The molecule has 0 aliphatic heterocycles. The molecule has 0 saturated carbocycles. The zero-order valence-electron chi connectivity index (χ0n) is 16.2. The van der Waals surface area contributed by atoms with Gasteiger partial charge in [-0.15, -0.1) is 0 Å². The van der Waals surface area contributed by atoms with Crippen LogP contribution in [0.2, 0.25) is 0 Å². The normalized spacial score (nSPS) is 11.0. The fourth-order valence-corrected chi connectivity index (χ4v) is 2.77. The van der Waals surface area contributed by atoms with E-state index in [0.717, 1.165) is 44.3 Å². The van der Waals surface area contributed by atoms with Crippen LogP contribution in [0.5, 0.6) is 0 Å². The molecular weight excluding hydrogens is 328 g/mol. The smallest absolute Gasteiger partial charge is 0.269 e. The van der Waals surface area contributed by atoms with Crippen LogP contribution in [0, 0.1) is 10.1 Å². The van der Waals surface area contributed by atoms with Gasteiger partial charge < -0.3 is 4.90 Å². The fourth-order valence-electron chi connectivity index (χ4n) is 2.77. The Balaban J connectivity index is 2.61. The van der Waals surface area contributed by atoms with Crippen LogP contribution in [0.25, 0.3) is 6.08 Å². The Bertz CT molecular complexity index is 555. The lowest BCUT2D eigenvalue weighted by Crippen LogP contribution is -2.31. The van der Waals surface area contributed by atoms with Gasteiger partial charge in [0.15, 0.2) is 0 Å². The third kappa shape index (κ3) is 8.79. The molecule has 0 fully saturated rings. The fraction of sp³-hybridized carbons (Fsp3) is 0.571.